The summed E-state index contributed by atoms with van der Waals surface area (Å²) in [6.45, 7) is 2.03. The second kappa shape index (κ2) is 3.09. The summed E-state index contributed by atoms with van der Waals surface area (Å²) in [5, 5.41) is 1.22. The molecule has 0 unspecified atom stereocenters. The molecule has 2 rings (SSSR count). The lowest BCUT2D eigenvalue weighted by atomic mass is 10.2. The van der Waals surface area contributed by atoms with Gasteiger partial charge in [-0.05, 0) is 46.5 Å². The van der Waals surface area contributed by atoms with Crippen molar-refractivity contribution in [2.24, 2.45) is 0 Å². The highest BCUT2D eigenvalue weighted by atomic mass is 79.9. The van der Waals surface area contributed by atoms with Gasteiger partial charge in [0.1, 0.15) is 0 Å². The van der Waals surface area contributed by atoms with E-state index >= 15 is 0 Å². The van der Waals surface area contributed by atoms with Crippen molar-refractivity contribution in [2.45, 2.75) is 6.92 Å². The van der Waals surface area contributed by atoms with E-state index in [1.807, 2.05) is 13.0 Å². The standard InChI is InChI=1S/C8H5Br2NS/c1-4-6-2-5(9)3-7(10)8(6)12-11-4/h2-3H,1H3. The molecule has 1 nitrogen and oxygen atoms in total. The minimum atomic E-state index is 1.09. The van der Waals surface area contributed by atoms with Crippen LogP contribution in [0.15, 0.2) is 21.1 Å². The van der Waals surface area contributed by atoms with Crippen molar-refractivity contribution in [1.29, 1.82) is 0 Å². The monoisotopic (exact) mass is 305 g/mol. The van der Waals surface area contributed by atoms with Gasteiger partial charge < -0.3 is 0 Å². The first kappa shape index (κ1) is 8.66. The number of hydrogen-bond acceptors (Lipinski definition) is 2. The van der Waals surface area contributed by atoms with Gasteiger partial charge in [-0.1, -0.05) is 15.9 Å². The van der Waals surface area contributed by atoms with Crippen LogP contribution in [0.5, 0.6) is 0 Å². The van der Waals surface area contributed by atoms with Crippen molar-refractivity contribution in [1.82, 2.24) is 4.37 Å². The van der Waals surface area contributed by atoms with Gasteiger partial charge in [0, 0.05) is 14.3 Å². The first-order chi connectivity index (χ1) is 5.68. The molecule has 0 amide bonds. The molecule has 0 radical (unpaired) electrons. The Hall–Kier alpha value is 0.0700. The molecule has 12 heavy (non-hydrogen) atoms. The maximum absolute atomic E-state index is 4.29. The summed E-state index contributed by atoms with van der Waals surface area (Å²) < 4.78 is 7.70. The average molecular weight is 307 g/mol. The van der Waals surface area contributed by atoms with Gasteiger partial charge in [-0.2, -0.15) is 4.37 Å². The molecular formula is C8H5Br2NS. The predicted octanol–water partition coefficient (Wildman–Crippen LogP) is 4.13. The molecule has 2 aromatic rings. The highest BCUT2D eigenvalue weighted by Crippen LogP contribution is 2.32. The number of aromatic nitrogens is 1. The van der Waals surface area contributed by atoms with Gasteiger partial charge in [-0.25, -0.2) is 0 Å². The maximum atomic E-state index is 4.29. The molecule has 0 aliphatic carbocycles. The van der Waals surface area contributed by atoms with Crippen LogP contribution in [0.25, 0.3) is 10.1 Å². The lowest BCUT2D eigenvalue weighted by Gasteiger charge is -1.94. The fourth-order valence-corrected chi connectivity index (χ4v) is 3.31. The zero-order chi connectivity index (χ0) is 8.72. The van der Waals surface area contributed by atoms with Crippen molar-refractivity contribution in [3.8, 4) is 0 Å². The lowest BCUT2D eigenvalue weighted by molar-refractivity contribution is 1.37. The summed E-state index contributed by atoms with van der Waals surface area (Å²) in [6, 6.07) is 4.14. The Morgan fingerprint density at radius 2 is 2.08 bits per heavy atom. The molecular weight excluding hydrogens is 302 g/mol. The Labute approximate surface area is 91.2 Å². The van der Waals surface area contributed by atoms with Gasteiger partial charge >= 0.3 is 0 Å². The van der Waals surface area contributed by atoms with Crippen molar-refractivity contribution in [3.63, 3.8) is 0 Å². The van der Waals surface area contributed by atoms with E-state index in [2.05, 4.69) is 42.3 Å². The lowest BCUT2D eigenvalue weighted by Crippen LogP contribution is -1.72. The van der Waals surface area contributed by atoms with E-state index < -0.39 is 0 Å². The van der Waals surface area contributed by atoms with Gasteiger partial charge in [-0.3, -0.25) is 0 Å². The van der Waals surface area contributed by atoms with E-state index in [0.29, 0.717) is 0 Å². The average Bonchev–Trinajstić information content (AvgIpc) is 2.33. The first-order valence-corrected chi connectivity index (χ1v) is 5.75. The largest absolute Gasteiger partial charge is 0.197 e. The number of hydrogen-bond donors (Lipinski definition) is 0. The van der Waals surface area contributed by atoms with Crippen LogP contribution >= 0.6 is 43.4 Å². The Bertz CT molecular complexity index is 436. The highest BCUT2D eigenvalue weighted by molar-refractivity contribution is 9.11. The van der Waals surface area contributed by atoms with E-state index in [1.165, 1.54) is 21.6 Å². The van der Waals surface area contributed by atoms with Crippen LogP contribution in [0, 0.1) is 6.92 Å². The van der Waals surface area contributed by atoms with Crippen molar-refractivity contribution in [2.75, 3.05) is 0 Å². The zero-order valence-electron chi connectivity index (χ0n) is 6.27. The second-order valence-corrected chi connectivity index (χ2v) is 5.08. The van der Waals surface area contributed by atoms with E-state index in [4.69, 9.17) is 0 Å². The summed E-state index contributed by atoms with van der Waals surface area (Å²) in [5.41, 5.74) is 1.09. The van der Waals surface area contributed by atoms with Gasteiger partial charge in [0.25, 0.3) is 0 Å². The Balaban J connectivity index is 2.92. The number of fused-ring (bicyclic) bond motifs is 1. The second-order valence-electron chi connectivity index (χ2n) is 2.53. The SMILES string of the molecule is Cc1nsc2c(Br)cc(Br)cc12. The molecule has 1 aromatic carbocycles. The third-order valence-corrected chi connectivity index (χ3v) is 4.01. The third-order valence-electron chi connectivity index (χ3n) is 1.67. The molecule has 0 fully saturated rings. The molecule has 0 aliphatic rings. The van der Waals surface area contributed by atoms with Crippen LogP contribution in [-0.4, -0.2) is 4.37 Å². The van der Waals surface area contributed by atoms with Gasteiger partial charge in [0.05, 0.1) is 10.4 Å². The van der Waals surface area contributed by atoms with Crippen LogP contribution in [-0.2, 0) is 0 Å². The minimum absolute atomic E-state index is 1.09. The fourth-order valence-electron chi connectivity index (χ4n) is 1.09. The predicted molar refractivity (Wildman–Crippen MR) is 59.8 cm³/mol. The smallest absolute Gasteiger partial charge is 0.0695 e. The molecule has 1 aromatic heterocycles. The van der Waals surface area contributed by atoms with Crippen LogP contribution in [0.2, 0.25) is 0 Å². The highest BCUT2D eigenvalue weighted by Gasteiger charge is 2.05. The van der Waals surface area contributed by atoms with Crippen molar-refractivity contribution in [3.05, 3.63) is 26.8 Å². The summed E-state index contributed by atoms with van der Waals surface area (Å²) >= 11 is 8.48. The van der Waals surface area contributed by atoms with Gasteiger partial charge in [0.2, 0.25) is 0 Å². The molecule has 0 aliphatic heterocycles. The van der Waals surface area contributed by atoms with E-state index in [-0.39, 0.29) is 0 Å². The number of aryl methyl sites for hydroxylation is 1. The quantitative estimate of drug-likeness (QED) is 0.713. The van der Waals surface area contributed by atoms with E-state index in [1.54, 1.807) is 0 Å². The fraction of sp³-hybridized carbons (Fsp3) is 0.125. The summed E-state index contributed by atoms with van der Waals surface area (Å²) in [6.07, 6.45) is 0. The molecule has 4 heteroatoms. The Kier molecular flexibility index (Phi) is 2.23. The third kappa shape index (κ3) is 1.32. The van der Waals surface area contributed by atoms with E-state index in [9.17, 15) is 0 Å². The topological polar surface area (TPSA) is 12.9 Å². The molecule has 0 saturated heterocycles. The van der Waals surface area contributed by atoms with Crippen LogP contribution in [0.3, 0.4) is 0 Å². The van der Waals surface area contributed by atoms with Gasteiger partial charge in [-0.15, -0.1) is 0 Å². The number of nitrogens with zero attached hydrogens (tertiary/aromatic N) is 1. The number of benzene rings is 1. The number of rotatable bonds is 0. The van der Waals surface area contributed by atoms with Crippen molar-refractivity contribution < 1.29 is 0 Å². The Morgan fingerprint density at radius 3 is 2.83 bits per heavy atom. The van der Waals surface area contributed by atoms with Crippen LogP contribution < -0.4 is 0 Å². The Morgan fingerprint density at radius 1 is 1.33 bits per heavy atom. The number of halogens is 2. The van der Waals surface area contributed by atoms with Gasteiger partial charge in [0.15, 0.2) is 0 Å². The van der Waals surface area contributed by atoms with Crippen LogP contribution in [0.4, 0.5) is 0 Å². The molecule has 1 heterocycles. The minimum Gasteiger partial charge on any atom is -0.197 e. The summed E-state index contributed by atoms with van der Waals surface area (Å²) in [5.74, 6) is 0. The molecule has 0 N–H and O–H groups in total. The molecule has 0 saturated carbocycles. The molecule has 0 atom stereocenters. The summed E-state index contributed by atoms with van der Waals surface area (Å²) in [7, 11) is 0. The molecule has 62 valence electrons. The summed E-state index contributed by atoms with van der Waals surface area (Å²) in [4.78, 5) is 0. The maximum Gasteiger partial charge on any atom is 0.0695 e. The zero-order valence-corrected chi connectivity index (χ0v) is 10.3. The molecule has 0 bridgehead atoms. The van der Waals surface area contributed by atoms with E-state index in [0.717, 1.165) is 14.6 Å². The first-order valence-electron chi connectivity index (χ1n) is 3.39. The van der Waals surface area contributed by atoms with Crippen molar-refractivity contribution >= 4 is 53.5 Å². The molecule has 0 spiro atoms. The normalized spacial score (nSPS) is 10.9. The van der Waals surface area contributed by atoms with Crippen LogP contribution in [0.1, 0.15) is 5.69 Å².